The van der Waals surface area contributed by atoms with Crippen molar-refractivity contribution in [3.63, 3.8) is 0 Å². The lowest BCUT2D eigenvalue weighted by Gasteiger charge is -2.23. The van der Waals surface area contributed by atoms with Gasteiger partial charge in [-0.3, -0.25) is 9.69 Å². The molecule has 0 aliphatic heterocycles. The zero-order chi connectivity index (χ0) is 17.4. The molecule has 0 fully saturated rings. The van der Waals surface area contributed by atoms with Gasteiger partial charge >= 0.3 is 12.1 Å². The van der Waals surface area contributed by atoms with Gasteiger partial charge in [0.2, 0.25) is 0 Å². The van der Waals surface area contributed by atoms with E-state index in [1.807, 2.05) is 0 Å². The van der Waals surface area contributed by atoms with E-state index in [0.717, 1.165) is 17.0 Å². The predicted molar refractivity (Wildman–Crippen MR) is 80.2 cm³/mol. The molecule has 23 heavy (non-hydrogen) atoms. The predicted octanol–water partition coefficient (Wildman–Crippen LogP) is 2.08. The molecule has 1 amide bonds. The molecule has 6 nitrogen and oxygen atoms in total. The van der Waals surface area contributed by atoms with Gasteiger partial charge < -0.3 is 14.8 Å². The van der Waals surface area contributed by atoms with Gasteiger partial charge in [0.15, 0.2) is 0 Å². The molecule has 0 aromatic heterocycles. The lowest BCUT2D eigenvalue weighted by atomic mass is 10.2. The van der Waals surface area contributed by atoms with Crippen LogP contribution in [-0.2, 0) is 14.3 Å². The third-order valence-electron chi connectivity index (χ3n) is 2.66. The average Bonchev–Trinajstić information content (AvgIpc) is 2.44. The van der Waals surface area contributed by atoms with Crippen LogP contribution in [0.3, 0.4) is 0 Å². The van der Waals surface area contributed by atoms with Crippen LogP contribution in [0.25, 0.3) is 0 Å². The molecule has 0 aliphatic rings. The van der Waals surface area contributed by atoms with Crippen molar-refractivity contribution in [2.45, 2.75) is 20.0 Å². The number of amides is 1. The number of hydrogen-bond donors (Lipinski definition) is 1. The fourth-order valence-electron chi connectivity index (χ4n) is 1.72. The van der Waals surface area contributed by atoms with Gasteiger partial charge in [0.1, 0.15) is 18.2 Å². The molecule has 0 radical (unpaired) electrons. The number of ether oxygens (including phenoxy) is 2. The third-order valence-corrected chi connectivity index (χ3v) is 2.66. The zero-order valence-electron chi connectivity index (χ0n) is 13.3. The van der Waals surface area contributed by atoms with Crippen molar-refractivity contribution in [1.82, 2.24) is 5.32 Å². The van der Waals surface area contributed by atoms with Crippen LogP contribution in [0.4, 0.5) is 19.3 Å². The number of carbonyl (C=O) groups is 2. The maximum Gasteiger partial charge on any atom is 0.414 e. The molecule has 0 spiro atoms. The number of likely N-dealkylation sites (N-methyl/N-ethyl adjacent to an activating group) is 1. The van der Waals surface area contributed by atoms with Crippen LogP contribution in [0.1, 0.15) is 13.8 Å². The van der Waals surface area contributed by atoms with E-state index in [0.29, 0.717) is 6.07 Å². The maximum atomic E-state index is 13.9. The van der Waals surface area contributed by atoms with Crippen molar-refractivity contribution in [3.8, 4) is 0 Å². The summed E-state index contributed by atoms with van der Waals surface area (Å²) in [4.78, 5) is 24.3. The van der Waals surface area contributed by atoms with Crippen molar-refractivity contribution in [2.24, 2.45) is 0 Å². The molecule has 0 aliphatic carbocycles. The minimum atomic E-state index is -0.910. The van der Waals surface area contributed by atoms with Crippen LogP contribution >= 0.6 is 0 Å². The molecular weight excluding hydrogens is 310 g/mol. The average molecular weight is 330 g/mol. The Bertz CT molecular complexity index is 552. The van der Waals surface area contributed by atoms with E-state index in [1.165, 1.54) is 0 Å². The summed E-state index contributed by atoms with van der Waals surface area (Å²) in [6, 6.07) is 2.82. The molecular formula is C15H20F2N2O4. The Morgan fingerprint density at radius 3 is 2.57 bits per heavy atom. The molecule has 1 rings (SSSR count). The summed E-state index contributed by atoms with van der Waals surface area (Å²) in [5.41, 5.74) is -0.151. The number of rotatable bonds is 7. The Morgan fingerprint density at radius 1 is 1.30 bits per heavy atom. The zero-order valence-corrected chi connectivity index (χ0v) is 13.3. The van der Waals surface area contributed by atoms with Gasteiger partial charge in [-0.15, -0.1) is 0 Å². The number of hydrogen-bond acceptors (Lipinski definition) is 5. The first-order valence-corrected chi connectivity index (χ1v) is 7.08. The molecule has 128 valence electrons. The number of nitrogens with zero attached hydrogens (tertiary/aromatic N) is 1. The topological polar surface area (TPSA) is 67.9 Å². The highest BCUT2D eigenvalue weighted by molar-refractivity contribution is 5.88. The number of nitrogens with one attached hydrogen (secondary N) is 1. The van der Waals surface area contributed by atoms with E-state index >= 15 is 0 Å². The smallest absolute Gasteiger partial charge is 0.414 e. The van der Waals surface area contributed by atoms with Crippen LogP contribution in [0.15, 0.2) is 18.2 Å². The van der Waals surface area contributed by atoms with Gasteiger partial charge in [-0.25, -0.2) is 13.6 Å². The largest absolute Gasteiger partial charge is 0.463 e. The monoisotopic (exact) mass is 330 g/mol. The number of anilines is 1. The van der Waals surface area contributed by atoms with Gasteiger partial charge in [0, 0.05) is 6.07 Å². The number of esters is 1. The molecule has 0 unspecified atom stereocenters. The molecule has 1 aromatic rings. The van der Waals surface area contributed by atoms with Crippen molar-refractivity contribution in [3.05, 3.63) is 29.8 Å². The lowest BCUT2D eigenvalue weighted by molar-refractivity contribution is -0.142. The van der Waals surface area contributed by atoms with Crippen LogP contribution < -0.4 is 10.2 Å². The lowest BCUT2D eigenvalue weighted by Crippen LogP contribution is -2.37. The SMILES string of the molecule is CNCC(=O)OCCN(C(=O)OC(C)C)c1ccc(F)cc1F. The highest BCUT2D eigenvalue weighted by Crippen LogP contribution is 2.21. The van der Waals surface area contributed by atoms with Crippen LogP contribution in [-0.4, -0.2) is 44.9 Å². The summed E-state index contributed by atoms with van der Waals surface area (Å²) < 4.78 is 36.8. The molecule has 1 aromatic carbocycles. The molecule has 0 heterocycles. The number of carbonyl (C=O) groups excluding carboxylic acids is 2. The van der Waals surface area contributed by atoms with E-state index in [9.17, 15) is 18.4 Å². The Kier molecular flexibility index (Phi) is 7.40. The second-order valence-corrected chi connectivity index (χ2v) is 4.93. The Labute approximate surface area is 133 Å². The highest BCUT2D eigenvalue weighted by Gasteiger charge is 2.22. The minimum Gasteiger partial charge on any atom is -0.463 e. The molecule has 0 atom stereocenters. The van der Waals surface area contributed by atoms with E-state index in [1.54, 1.807) is 20.9 Å². The van der Waals surface area contributed by atoms with Gasteiger partial charge in [0.25, 0.3) is 0 Å². The van der Waals surface area contributed by atoms with Crippen LogP contribution in [0.2, 0.25) is 0 Å². The molecule has 0 bridgehead atoms. The third kappa shape index (κ3) is 6.19. The Hall–Kier alpha value is -2.22. The fraction of sp³-hybridized carbons (Fsp3) is 0.467. The van der Waals surface area contributed by atoms with Crippen LogP contribution in [0.5, 0.6) is 0 Å². The van der Waals surface area contributed by atoms with Gasteiger partial charge in [-0.05, 0) is 33.0 Å². The van der Waals surface area contributed by atoms with E-state index in [2.05, 4.69) is 5.32 Å². The first kappa shape index (κ1) is 18.8. The summed E-state index contributed by atoms with van der Waals surface area (Å²) in [5.74, 6) is -2.18. The second kappa shape index (κ2) is 9.04. The van der Waals surface area contributed by atoms with E-state index in [4.69, 9.17) is 9.47 Å². The van der Waals surface area contributed by atoms with Gasteiger partial charge in [0.05, 0.1) is 24.9 Å². The van der Waals surface area contributed by atoms with Gasteiger partial charge in [-0.1, -0.05) is 0 Å². The number of benzene rings is 1. The first-order chi connectivity index (χ1) is 10.8. The quantitative estimate of drug-likeness (QED) is 0.775. The minimum absolute atomic E-state index is 0.0152. The summed E-state index contributed by atoms with van der Waals surface area (Å²) in [6.45, 7) is 3.03. The summed E-state index contributed by atoms with van der Waals surface area (Å²) >= 11 is 0. The summed E-state index contributed by atoms with van der Waals surface area (Å²) in [6.07, 6.45) is -1.23. The molecule has 1 N–H and O–H groups in total. The van der Waals surface area contributed by atoms with Crippen molar-refractivity contribution in [2.75, 3.05) is 31.6 Å². The molecule has 0 saturated carbocycles. The highest BCUT2D eigenvalue weighted by atomic mass is 19.1. The second-order valence-electron chi connectivity index (χ2n) is 4.93. The molecule has 8 heteroatoms. The van der Waals surface area contributed by atoms with Crippen molar-refractivity contribution >= 4 is 17.7 Å². The van der Waals surface area contributed by atoms with Crippen LogP contribution in [0, 0.1) is 11.6 Å². The summed E-state index contributed by atoms with van der Waals surface area (Å²) in [5, 5.41) is 2.62. The van der Waals surface area contributed by atoms with Gasteiger partial charge in [-0.2, -0.15) is 0 Å². The van der Waals surface area contributed by atoms with E-state index in [-0.39, 0.29) is 25.4 Å². The van der Waals surface area contributed by atoms with E-state index < -0.39 is 29.8 Å². The Morgan fingerprint density at radius 2 is 2.00 bits per heavy atom. The standard InChI is InChI=1S/C15H20F2N2O4/c1-10(2)23-15(21)19(6-7-22-14(20)9-18-3)13-5-4-11(16)8-12(13)17/h4-5,8,10,18H,6-7,9H2,1-3H3. The first-order valence-electron chi connectivity index (χ1n) is 7.08. The Balaban J connectivity index is 2.85. The van der Waals surface area contributed by atoms with Crippen molar-refractivity contribution in [1.29, 1.82) is 0 Å². The van der Waals surface area contributed by atoms with Crippen molar-refractivity contribution < 1.29 is 27.8 Å². The normalized spacial score (nSPS) is 10.5. The fourth-order valence-corrected chi connectivity index (χ4v) is 1.72. The molecule has 0 saturated heterocycles. The number of halogens is 2. The maximum absolute atomic E-state index is 13.9. The summed E-state index contributed by atoms with van der Waals surface area (Å²) in [7, 11) is 1.58.